The number of imidazole rings is 1. The van der Waals surface area contributed by atoms with E-state index in [9.17, 15) is 18.8 Å². The van der Waals surface area contributed by atoms with Crippen molar-refractivity contribution in [1.29, 1.82) is 0 Å². The van der Waals surface area contributed by atoms with Gasteiger partial charge < -0.3 is 19.5 Å². The Morgan fingerprint density at radius 1 is 1.09 bits per heavy atom. The first-order valence-electron chi connectivity index (χ1n) is 14.3. The lowest BCUT2D eigenvalue weighted by Gasteiger charge is -2.24. The standard InChI is InChI=1S/C24H35FN6O6.C6H6/c1-12(2)7-18(33)28-24-29-21(26-6)20-22(30-24)31(11-27-20)19-8-16(9-36-19)37-23(34)17(10-35-15(5)32)13(3)14(4)25;1-2-4-6-5-3-1/h11-14,16-17,19H,7-10H2,1-6H3,(H2,26,28,29,30,33);1-6H/t13-,14+,16?,17-,19+;/m0./s1. The van der Waals surface area contributed by atoms with Crippen LogP contribution in [0.2, 0.25) is 0 Å². The fourth-order valence-corrected chi connectivity index (χ4v) is 4.36. The van der Waals surface area contributed by atoms with Crippen molar-refractivity contribution < 1.29 is 33.0 Å². The quantitative estimate of drug-likeness (QED) is 0.301. The Hall–Kier alpha value is -4.13. The van der Waals surface area contributed by atoms with Gasteiger partial charge in [-0.3, -0.25) is 24.3 Å². The molecule has 1 aromatic carbocycles. The van der Waals surface area contributed by atoms with E-state index < -0.39 is 42.3 Å². The SMILES string of the molecule is CNc1nc(NC(=O)CC(C)C)nc2c1ncn2[C@H]1CC(OC(=O)[C@@H](COC(C)=O)[C@@H](C)[C@@H](C)F)CO1.c1ccccc1. The molecule has 0 aliphatic carbocycles. The average Bonchev–Trinajstić information content (AvgIpc) is 3.60. The second-order valence-corrected chi connectivity index (χ2v) is 10.8. The lowest BCUT2D eigenvalue weighted by molar-refractivity contribution is -0.161. The zero-order valence-corrected chi connectivity index (χ0v) is 25.5. The van der Waals surface area contributed by atoms with Crippen LogP contribution >= 0.6 is 0 Å². The molecule has 234 valence electrons. The van der Waals surface area contributed by atoms with Crippen molar-refractivity contribution in [3.63, 3.8) is 0 Å². The normalized spacial score (nSPS) is 18.2. The van der Waals surface area contributed by atoms with Crippen LogP contribution in [0.15, 0.2) is 42.7 Å². The molecule has 1 aliphatic rings. The van der Waals surface area contributed by atoms with Gasteiger partial charge in [-0.25, -0.2) is 9.37 Å². The monoisotopic (exact) mass is 600 g/mol. The Bertz CT molecular complexity index is 1320. The lowest BCUT2D eigenvalue weighted by Crippen LogP contribution is -2.35. The van der Waals surface area contributed by atoms with Gasteiger partial charge in [-0.05, 0) is 12.8 Å². The Morgan fingerprint density at radius 2 is 1.74 bits per heavy atom. The highest BCUT2D eigenvalue weighted by Gasteiger charge is 2.36. The molecule has 1 fully saturated rings. The third-order valence-corrected chi connectivity index (χ3v) is 6.83. The highest BCUT2D eigenvalue weighted by molar-refractivity contribution is 5.91. The fourth-order valence-electron chi connectivity index (χ4n) is 4.36. The molecule has 1 amide bonds. The second kappa shape index (κ2) is 15.9. The van der Waals surface area contributed by atoms with Gasteiger partial charge in [-0.15, -0.1) is 0 Å². The Kier molecular flexibility index (Phi) is 12.4. The number of carbonyl (C=O) groups excluding carboxylic acids is 3. The minimum absolute atomic E-state index is 0.109. The summed E-state index contributed by atoms with van der Waals surface area (Å²) >= 11 is 0. The molecule has 0 spiro atoms. The summed E-state index contributed by atoms with van der Waals surface area (Å²) in [5, 5.41) is 5.68. The van der Waals surface area contributed by atoms with Crippen molar-refractivity contribution in [2.24, 2.45) is 17.8 Å². The van der Waals surface area contributed by atoms with E-state index in [-0.39, 0.29) is 31.0 Å². The molecular formula is C30H41FN6O6. The highest BCUT2D eigenvalue weighted by Crippen LogP contribution is 2.31. The van der Waals surface area contributed by atoms with Gasteiger partial charge in [0.25, 0.3) is 0 Å². The van der Waals surface area contributed by atoms with E-state index in [0.29, 0.717) is 29.8 Å². The maximum absolute atomic E-state index is 13.9. The van der Waals surface area contributed by atoms with E-state index in [4.69, 9.17) is 14.2 Å². The van der Waals surface area contributed by atoms with E-state index in [1.807, 2.05) is 50.2 Å². The van der Waals surface area contributed by atoms with Crippen LogP contribution in [0.3, 0.4) is 0 Å². The van der Waals surface area contributed by atoms with Gasteiger partial charge >= 0.3 is 11.9 Å². The predicted octanol–water partition coefficient (Wildman–Crippen LogP) is 4.54. The van der Waals surface area contributed by atoms with Crippen LogP contribution in [0.4, 0.5) is 16.2 Å². The Labute approximate surface area is 250 Å². The smallest absolute Gasteiger partial charge is 0.313 e. The van der Waals surface area contributed by atoms with E-state index in [2.05, 4.69) is 25.6 Å². The molecule has 43 heavy (non-hydrogen) atoms. The van der Waals surface area contributed by atoms with Gasteiger partial charge in [0.15, 0.2) is 17.0 Å². The van der Waals surface area contributed by atoms with E-state index in [1.165, 1.54) is 13.8 Å². The fraction of sp³-hybridized carbons (Fsp3) is 0.533. The number of carbonyl (C=O) groups is 3. The molecule has 2 N–H and O–H groups in total. The molecule has 1 aliphatic heterocycles. The van der Waals surface area contributed by atoms with E-state index >= 15 is 0 Å². The Balaban J connectivity index is 0.000000749. The number of nitrogens with one attached hydrogen (secondary N) is 2. The lowest BCUT2D eigenvalue weighted by atomic mass is 9.91. The topological polar surface area (TPSA) is 147 Å². The third kappa shape index (κ3) is 9.70. The number of ether oxygens (including phenoxy) is 3. The number of amides is 1. The summed E-state index contributed by atoms with van der Waals surface area (Å²) in [5.74, 6) is -2.32. The van der Waals surface area contributed by atoms with Crippen LogP contribution in [-0.4, -0.2) is 69.9 Å². The van der Waals surface area contributed by atoms with E-state index in [0.717, 1.165) is 0 Å². The largest absolute Gasteiger partial charge is 0.465 e. The number of fused-ring (bicyclic) bond motifs is 1. The molecule has 0 saturated carbocycles. The molecule has 0 radical (unpaired) electrons. The Morgan fingerprint density at radius 3 is 2.30 bits per heavy atom. The molecule has 4 rings (SSSR count). The van der Waals surface area contributed by atoms with Crippen LogP contribution in [0, 0.1) is 17.8 Å². The van der Waals surface area contributed by atoms with Crippen LogP contribution < -0.4 is 10.6 Å². The molecule has 2 aromatic heterocycles. The van der Waals surface area contributed by atoms with Crippen molar-refractivity contribution in [3.8, 4) is 0 Å². The molecule has 3 aromatic rings. The zero-order chi connectivity index (χ0) is 31.5. The molecule has 0 bridgehead atoms. The number of rotatable bonds is 11. The molecule has 1 unspecified atom stereocenters. The van der Waals surface area contributed by atoms with Gasteiger partial charge in [0.05, 0.1) is 18.9 Å². The number of anilines is 2. The van der Waals surface area contributed by atoms with Gasteiger partial charge in [-0.1, -0.05) is 57.2 Å². The summed E-state index contributed by atoms with van der Waals surface area (Å²) in [4.78, 5) is 49.5. The molecule has 12 nitrogen and oxygen atoms in total. The van der Waals surface area contributed by atoms with E-state index in [1.54, 1.807) is 24.9 Å². The van der Waals surface area contributed by atoms with Gasteiger partial charge in [-0.2, -0.15) is 9.97 Å². The number of halogens is 1. The number of esters is 2. The maximum Gasteiger partial charge on any atom is 0.313 e. The number of hydrogen-bond donors (Lipinski definition) is 2. The summed E-state index contributed by atoms with van der Waals surface area (Å²) < 4.78 is 32.1. The minimum atomic E-state index is -1.30. The van der Waals surface area contributed by atoms with Gasteiger partial charge in [0, 0.05) is 32.7 Å². The summed E-state index contributed by atoms with van der Waals surface area (Å²) in [6, 6.07) is 12.0. The first kappa shape index (κ1) is 33.4. The van der Waals surface area contributed by atoms with Crippen molar-refractivity contribution >= 4 is 40.8 Å². The van der Waals surface area contributed by atoms with Gasteiger partial charge in [0.1, 0.15) is 25.1 Å². The first-order chi connectivity index (χ1) is 20.5. The number of alkyl halides is 1. The second-order valence-electron chi connectivity index (χ2n) is 10.8. The first-order valence-corrected chi connectivity index (χ1v) is 14.3. The van der Waals surface area contributed by atoms with Crippen LogP contribution in [0.5, 0.6) is 0 Å². The zero-order valence-electron chi connectivity index (χ0n) is 25.5. The maximum atomic E-state index is 13.9. The van der Waals surface area contributed by atoms with Gasteiger partial charge in [0.2, 0.25) is 11.9 Å². The predicted molar refractivity (Wildman–Crippen MR) is 159 cm³/mol. The average molecular weight is 601 g/mol. The summed E-state index contributed by atoms with van der Waals surface area (Å²) in [6.45, 7) is 7.87. The van der Waals surface area contributed by atoms with Crippen molar-refractivity contribution in [3.05, 3.63) is 42.7 Å². The molecule has 1 saturated heterocycles. The number of aromatic nitrogens is 4. The highest BCUT2D eigenvalue weighted by atomic mass is 19.1. The third-order valence-electron chi connectivity index (χ3n) is 6.83. The van der Waals surface area contributed by atoms with Crippen LogP contribution in [0.25, 0.3) is 11.2 Å². The van der Waals surface area contributed by atoms with Crippen molar-refractivity contribution in [2.45, 2.75) is 66.0 Å². The molecule has 13 heteroatoms. The minimum Gasteiger partial charge on any atom is -0.465 e. The number of benzene rings is 1. The van der Waals surface area contributed by atoms with Crippen LogP contribution in [0.1, 0.15) is 53.7 Å². The number of hydrogen-bond acceptors (Lipinski definition) is 10. The number of nitrogens with zero attached hydrogens (tertiary/aromatic N) is 4. The summed E-state index contributed by atoms with van der Waals surface area (Å²) in [5.41, 5.74) is 0.921. The molecular weight excluding hydrogens is 559 g/mol. The molecule has 5 atom stereocenters. The summed E-state index contributed by atoms with van der Waals surface area (Å²) in [7, 11) is 1.69. The van der Waals surface area contributed by atoms with Crippen molar-refractivity contribution in [2.75, 3.05) is 30.9 Å². The van der Waals surface area contributed by atoms with Crippen molar-refractivity contribution in [1.82, 2.24) is 19.5 Å². The van der Waals surface area contributed by atoms with Crippen LogP contribution in [-0.2, 0) is 28.6 Å². The molecule has 3 heterocycles. The summed E-state index contributed by atoms with van der Waals surface area (Å²) in [6.07, 6.45) is -0.282.